The van der Waals surface area contributed by atoms with E-state index < -0.39 is 0 Å². The van der Waals surface area contributed by atoms with Crippen molar-refractivity contribution in [1.82, 2.24) is 14.9 Å². The van der Waals surface area contributed by atoms with Crippen molar-refractivity contribution in [2.75, 3.05) is 0 Å². The van der Waals surface area contributed by atoms with Crippen LogP contribution in [0.2, 0.25) is 0 Å². The van der Waals surface area contributed by atoms with Crippen molar-refractivity contribution in [2.45, 2.75) is 63.6 Å². The highest BCUT2D eigenvalue weighted by Gasteiger charge is 2.35. The van der Waals surface area contributed by atoms with Crippen LogP contribution in [0.4, 0.5) is 0 Å². The number of hydrogen-bond donors (Lipinski definition) is 1. The topological polar surface area (TPSA) is 29.9 Å². The van der Waals surface area contributed by atoms with Crippen molar-refractivity contribution in [1.29, 1.82) is 0 Å². The van der Waals surface area contributed by atoms with E-state index >= 15 is 0 Å². The summed E-state index contributed by atoms with van der Waals surface area (Å²) in [5.74, 6) is 0.962. The van der Waals surface area contributed by atoms with E-state index in [1.165, 1.54) is 38.5 Å². The lowest BCUT2D eigenvalue weighted by molar-refractivity contribution is 0.326. The SMILES string of the molecule is CCC(NC1CCCC1n1ccnc1)C1CC1. The monoisotopic (exact) mass is 233 g/mol. The van der Waals surface area contributed by atoms with Crippen molar-refractivity contribution in [3.05, 3.63) is 18.7 Å². The zero-order chi connectivity index (χ0) is 11.7. The minimum absolute atomic E-state index is 0.630. The van der Waals surface area contributed by atoms with Gasteiger partial charge in [-0.25, -0.2) is 4.98 Å². The lowest BCUT2D eigenvalue weighted by Crippen LogP contribution is -2.41. The van der Waals surface area contributed by atoms with E-state index in [1.807, 2.05) is 12.5 Å². The maximum Gasteiger partial charge on any atom is 0.0949 e. The average Bonchev–Trinajstić information content (AvgIpc) is 2.88. The van der Waals surface area contributed by atoms with Gasteiger partial charge in [0.05, 0.1) is 6.33 Å². The molecule has 3 nitrogen and oxygen atoms in total. The van der Waals surface area contributed by atoms with Crippen LogP contribution < -0.4 is 5.32 Å². The molecule has 2 aliphatic rings. The number of hydrogen-bond acceptors (Lipinski definition) is 2. The predicted octanol–water partition coefficient (Wildman–Crippen LogP) is 2.75. The van der Waals surface area contributed by atoms with Gasteiger partial charge >= 0.3 is 0 Å². The third-order valence-corrected chi connectivity index (χ3v) is 4.45. The molecule has 0 aliphatic heterocycles. The van der Waals surface area contributed by atoms with Gasteiger partial charge in [-0.2, -0.15) is 0 Å². The summed E-state index contributed by atoms with van der Waals surface area (Å²) in [4.78, 5) is 4.18. The van der Waals surface area contributed by atoms with E-state index in [0.29, 0.717) is 12.1 Å². The van der Waals surface area contributed by atoms with Crippen LogP contribution in [-0.2, 0) is 0 Å². The molecule has 0 aromatic carbocycles. The Morgan fingerprint density at radius 3 is 2.88 bits per heavy atom. The minimum Gasteiger partial charge on any atom is -0.333 e. The molecule has 0 radical (unpaired) electrons. The molecule has 2 aliphatic carbocycles. The van der Waals surface area contributed by atoms with Crippen LogP contribution in [0.25, 0.3) is 0 Å². The Morgan fingerprint density at radius 2 is 2.24 bits per heavy atom. The van der Waals surface area contributed by atoms with Gasteiger partial charge in [0, 0.05) is 30.5 Å². The molecular formula is C14H23N3. The minimum atomic E-state index is 0.630. The second kappa shape index (κ2) is 4.81. The average molecular weight is 233 g/mol. The molecule has 2 saturated carbocycles. The molecule has 3 atom stereocenters. The molecule has 3 unspecified atom stereocenters. The maximum absolute atomic E-state index is 4.18. The molecule has 3 rings (SSSR count). The van der Waals surface area contributed by atoms with E-state index in [-0.39, 0.29) is 0 Å². The van der Waals surface area contributed by atoms with Crippen molar-refractivity contribution < 1.29 is 0 Å². The fourth-order valence-electron chi connectivity index (χ4n) is 3.32. The van der Waals surface area contributed by atoms with E-state index in [1.54, 1.807) is 0 Å². The summed E-state index contributed by atoms with van der Waals surface area (Å²) in [5, 5.41) is 3.92. The Kier molecular flexibility index (Phi) is 3.19. The zero-order valence-electron chi connectivity index (χ0n) is 10.7. The molecule has 1 heterocycles. The highest BCUT2D eigenvalue weighted by Crippen LogP contribution is 2.37. The van der Waals surface area contributed by atoms with Gasteiger partial charge in [-0.05, 0) is 44.4 Å². The predicted molar refractivity (Wildman–Crippen MR) is 68.8 cm³/mol. The Labute approximate surface area is 104 Å². The van der Waals surface area contributed by atoms with Gasteiger partial charge in [0.1, 0.15) is 0 Å². The smallest absolute Gasteiger partial charge is 0.0949 e. The molecule has 0 bridgehead atoms. The molecule has 0 saturated heterocycles. The first-order valence-corrected chi connectivity index (χ1v) is 7.12. The van der Waals surface area contributed by atoms with Crippen molar-refractivity contribution in [3.8, 4) is 0 Å². The Hall–Kier alpha value is -0.830. The van der Waals surface area contributed by atoms with E-state index in [0.717, 1.165) is 12.0 Å². The van der Waals surface area contributed by atoms with Crippen LogP contribution in [0, 0.1) is 5.92 Å². The largest absolute Gasteiger partial charge is 0.333 e. The van der Waals surface area contributed by atoms with Gasteiger partial charge < -0.3 is 9.88 Å². The Morgan fingerprint density at radius 1 is 1.35 bits per heavy atom. The quantitative estimate of drug-likeness (QED) is 0.847. The summed E-state index contributed by atoms with van der Waals surface area (Å²) in [6.07, 6.45) is 14.1. The second-order valence-corrected chi connectivity index (χ2v) is 5.63. The highest BCUT2D eigenvalue weighted by atomic mass is 15.1. The number of nitrogens with one attached hydrogen (secondary N) is 1. The maximum atomic E-state index is 4.18. The third kappa shape index (κ3) is 2.39. The molecular weight excluding hydrogens is 210 g/mol. The van der Waals surface area contributed by atoms with Gasteiger partial charge in [-0.3, -0.25) is 0 Å². The summed E-state index contributed by atoms with van der Waals surface area (Å²) >= 11 is 0. The van der Waals surface area contributed by atoms with Crippen molar-refractivity contribution >= 4 is 0 Å². The summed E-state index contributed by atoms with van der Waals surface area (Å²) in [6, 6.07) is 2.05. The first-order valence-electron chi connectivity index (χ1n) is 7.12. The summed E-state index contributed by atoms with van der Waals surface area (Å²) in [6.45, 7) is 2.32. The highest BCUT2D eigenvalue weighted by molar-refractivity contribution is 4.95. The van der Waals surface area contributed by atoms with Crippen LogP contribution in [0.15, 0.2) is 18.7 Å². The molecule has 0 amide bonds. The summed E-state index contributed by atoms with van der Waals surface area (Å²) in [7, 11) is 0. The Balaban J connectivity index is 1.65. The van der Waals surface area contributed by atoms with Gasteiger partial charge in [0.2, 0.25) is 0 Å². The van der Waals surface area contributed by atoms with E-state index in [9.17, 15) is 0 Å². The number of nitrogens with zero attached hydrogens (tertiary/aromatic N) is 2. The fourth-order valence-corrected chi connectivity index (χ4v) is 3.32. The summed E-state index contributed by atoms with van der Waals surface area (Å²) < 4.78 is 2.30. The molecule has 1 aromatic rings. The van der Waals surface area contributed by atoms with Crippen LogP contribution in [0.1, 0.15) is 51.5 Å². The fraction of sp³-hybridized carbons (Fsp3) is 0.786. The van der Waals surface area contributed by atoms with Gasteiger partial charge in [0.25, 0.3) is 0 Å². The number of rotatable bonds is 5. The standard InChI is InChI=1S/C14H23N3/c1-2-12(11-6-7-11)16-13-4-3-5-14(13)17-9-8-15-10-17/h8-14,16H,2-7H2,1H3. The first-order chi connectivity index (χ1) is 8.38. The van der Waals surface area contributed by atoms with E-state index in [4.69, 9.17) is 0 Å². The third-order valence-electron chi connectivity index (χ3n) is 4.45. The molecule has 3 heteroatoms. The first kappa shape index (κ1) is 11.3. The van der Waals surface area contributed by atoms with Crippen LogP contribution in [0.3, 0.4) is 0 Å². The van der Waals surface area contributed by atoms with E-state index in [2.05, 4.69) is 28.0 Å². The van der Waals surface area contributed by atoms with Crippen LogP contribution in [0.5, 0.6) is 0 Å². The van der Waals surface area contributed by atoms with Gasteiger partial charge in [-0.15, -0.1) is 0 Å². The van der Waals surface area contributed by atoms with Crippen molar-refractivity contribution in [2.24, 2.45) is 5.92 Å². The molecule has 17 heavy (non-hydrogen) atoms. The van der Waals surface area contributed by atoms with Crippen LogP contribution in [-0.4, -0.2) is 21.6 Å². The lowest BCUT2D eigenvalue weighted by Gasteiger charge is -2.27. The lowest BCUT2D eigenvalue weighted by atomic mass is 10.1. The molecule has 94 valence electrons. The molecule has 1 N–H and O–H groups in total. The normalized spacial score (nSPS) is 30.6. The molecule has 2 fully saturated rings. The molecule has 0 spiro atoms. The van der Waals surface area contributed by atoms with Gasteiger partial charge in [-0.1, -0.05) is 6.92 Å². The number of aromatic nitrogens is 2. The van der Waals surface area contributed by atoms with Crippen LogP contribution >= 0.6 is 0 Å². The van der Waals surface area contributed by atoms with Crippen molar-refractivity contribution in [3.63, 3.8) is 0 Å². The second-order valence-electron chi connectivity index (χ2n) is 5.63. The summed E-state index contributed by atoms with van der Waals surface area (Å²) in [5.41, 5.74) is 0. The Bertz CT molecular complexity index is 342. The van der Waals surface area contributed by atoms with Gasteiger partial charge in [0.15, 0.2) is 0 Å². The molecule has 1 aromatic heterocycles. The number of imidazole rings is 1. The zero-order valence-corrected chi connectivity index (χ0v) is 10.7.